The van der Waals surface area contributed by atoms with Crippen LogP contribution in [0.5, 0.6) is 5.75 Å². The minimum atomic E-state index is -0.204. The topological polar surface area (TPSA) is 27.7 Å². The summed E-state index contributed by atoms with van der Waals surface area (Å²) in [7, 11) is 0. The molecule has 0 aromatic heterocycles. The smallest absolute Gasteiger partial charge is 0.191 e. The van der Waals surface area contributed by atoms with Crippen LogP contribution in [0.3, 0.4) is 0 Å². The Labute approximate surface area is 77.2 Å². The van der Waals surface area contributed by atoms with Crippen molar-refractivity contribution < 1.29 is 14.2 Å². The highest BCUT2D eigenvalue weighted by Crippen LogP contribution is 2.10. The summed E-state index contributed by atoms with van der Waals surface area (Å²) in [6.45, 7) is 1.78. The van der Waals surface area contributed by atoms with Gasteiger partial charge in [-0.3, -0.25) is 0 Å². The van der Waals surface area contributed by atoms with Gasteiger partial charge in [-0.15, -0.1) is 0 Å². The monoisotopic (exact) mass is 179 g/mol. The van der Waals surface area contributed by atoms with Crippen molar-refractivity contribution in [2.24, 2.45) is 0 Å². The van der Waals surface area contributed by atoms with E-state index in [-0.39, 0.29) is 6.29 Å². The molecule has 69 valence electrons. The van der Waals surface area contributed by atoms with Gasteiger partial charge in [-0.1, -0.05) is 12.1 Å². The minimum Gasteiger partial charge on any atom is -0.488 e. The van der Waals surface area contributed by atoms with Crippen LogP contribution in [0.2, 0.25) is 0 Å². The normalized spacial score (nSPS) is 17.5. The van der Waals surface area contributed by atoms with Crippen LogP contribution >= 0.6 is 0 Å². The van der Waals surface area contributed by atoms with Gasteiger partial charge in [0.2, 0.25) is 0 Å². The first kappa shape index (κ1) is 8.53. The lowest BCUT2D eigenvalue weighted by Crippen LogP contribution is -2.18. The number of hydrogen-bond donors (Lipinski definition) is 0. The van der Waals surface area contributed by atoms with Gasteiger partial charge < -0.3 is 14.2 Å². The maximum absolute atomic E-state index is 5.42. The third-order valence-corrected chi connectivity index (χ3v) is 1.76. The fraction of sp³-hybridized carbons (Fsp3) is 0.400. The zero-order chi connectivity index (χ0) is 8.93. The molecule has 13 heavy (non-hydrogen) atoms. The van der Waals surface area contributed by atoms with Crippen molar-refractivity contribution in [2.45, 2.75) is 6.29 Å². The molecule has 1 radical (unpaired) electrons. The molecule has 1 aliphatic heterocycles. The van der Waals surface area contributed by atoms with Crippen LogP contribution in [-0.2, 0) is 9.47 Å². The van der Waals surface area contributed by atoms with Gasteiger partial charge in [0.1, 0.15) is 12.4 Å². The van der Waals surface area contributed by atoms with Crippen LogP contribution in [0, 0.1) is 6.07 Å². The van der Waals surface area contributed by atoms with Crippen LogP contribution in [-0.4, -0.2) is 26.1 Å². The van der Waals surface area contributed by atoms with Crippen LogP contribution in [0.1, 0.15) is 0 Å². The molecule has 1 saturated heterocycles. The van der Waals surface area contributed by atoms with Crippen molar-refractivity contribution in [2.75, 3.05) is 19.8 Å². The van der Waals surface area contributed by atoms with E-state index in [1.807, 2.05) is 24.3 Å². The van der Waals surface area contributed by atoms with Gasteiger partial charge in [0, 0.05) is 0 Å². The van der Waals surface area contributed by atoms with E-state index in [9.17, 15) is 0 Å². The third-order valence-electron chi connectivity index (χ3n) is 1.76. The molecule has 0 spiro atoms. The van der Waals surface area contributed by atoms with Gasteiger partial charge in [0.25, 0.3) is 0 Å². The Balaban J connectivity index is 1.79. The molecule has 1 heterocycles. The Morgan fingerprint density at radius 3 is 2.69 bits per heavy atom. The average Bonchev–Trinajstić information content (AvgIpc) is 2.69. The quantitative estimate of drug-likeness (QED) is 0.698. The Morgan fingerprint density at radius 2 is 2.00 bits per heavy atom. The number of benzene rings is 1. The number of rotatable bonds is 3. The predicted molar refractivity (Wildman–Crippen MR) is 46.5 cm³/mol. The van der Waals surface area contributed by atoms with E-state index >= 15 is 0 Å². The maximum atomic E-state index is 5.42. The Morgan fingerprint density at radius 1 is 1.31 bits per heavy atom. The first-order valence-electron chi connectivity index (χ1n) is 4.27. The minimum absolute atomic E-state index is 0.204. The average molecular weight is 179 g/mol. The predicted octanol–water partition coefficient (Wildman–Crippen LogP) is 1.24. The van der Waals surface area contributed by atoms with Crippen molar-refractivity contribution in [3.05, 3.63) is 30.3 Å². The van der Waals surface area contributed by atoms with Gasteiger partial charge in [-0.05, 0) is 18.2 Å². The Kier molecular flexibility index (Phi) is 2.79. The summed E-state index contributed by atoms with van der Waals surface area (Å²) >= 11 is 0. The van der Waals surface area contributed by atoms with Gasteiger partial charge in [-0.25, -0.2) is 0 Å². The van der Waals surface area contributed by atoms with E-state index < -0.39 is 0 Å². The standard InChI is InChI=1S/C10H11O3/c1-2-4-9(5-3-1)13-8-10-11-6-7-12-10/h2-5,10H,6-8H2. The fourth-order valence-corrected chi connectivity index (χ4v) is 1.14. The molecule has 0 N–H and O–H groups in total. The van der Waals surface area contributed by atoms with E-state index in [1.165, 1.54) is 0 Å². The highest BCUT2D eigenvalue weighted by molar-refractivity contribution is 5.20. The molecule has 3 heteroatoms. The second-order valence-corrected chi connectivity index (χ2v) is 2.72. The second-order valence-electron chi connectivity index (χ2n) is 2.72. The molecule has 0 atom stereocenters. The highest BCUT2D eigenvalue weighted by atomic mass is 16.7. The molecule has 2 rings (SSSR count). The first-order chi connectivity index (χ1) is 6.45. The molecule has 0 bridgehead atoms. The summed E-state index contributed by atoms with van der Waals surface area (Å²) in [5.41, 5.74) is 0. The van der Waals surface area contributed by atoms with Crippen molar-refractivity contribution in [3.8, 4) is 5.75 Å². The van der Waals surface area contributed by atoms with Crippen molar-refractivity contribution in [1.29, 1.82) is 0 Å². The second kappa shape index (κ2) is 4.25. The molecular formula is C10H11O3. The third kappa shape index (κ3) is 2.44. The van der Waals surface area contributed by atoms with Crippen molar-refractivity contribution >= 4 is 0 Å². The molecule has 0 saturated carbocycles. The molecule has 0 aliphatic carbocycles. The first-order valence-corrected chi connectivity index (χ1v) is 4.27. The Bertz CT molecular complexity index is 242. The summed E-state index contributed by atoms with van der Waals surface area (Å²) < 4.78 is 15.9. The molecular weight excluding hydrogens is 168 g/mol. The molecule has 0 unspecified atom stereocenters. The molecule has 1 aliphatic rings. The molecule has 1 aromatic rings. The van der Waals surface area contributed by atoms with Gasteiger partial charge >= 0.3 is 0 Å². The van der Waals surface area contributed by atoms with Gasteiger partial charge in [0.15, 0.2) is 6.29 Å². The summed E-state index contributed by atoms with van der Waals surface area (Å²) in [6, 6.07) is 10.3. The van der Waals surface area contributed by atoms with E-state index in [2.05, 4.69) is 6.07 Å². The lowest BCUT2D eigenvalue weighted by molar-refractivity contribution is -0.0684. The zero-order valence-electron chi connectivity index (χ0n) is 7.23. The van der Waals surface area contributed by atoms with Crippen LogP contribution in [0.15, 0.2) is 24.3 Å². The van der Waals surface area contributed by atoms with Crippen LogP contribution in [0.4, 0.5) is 0 Å². The van der Waals surface area contributed by atoms with E-state index in [4.69, 9.17) is 14.2 Å². The summed E-state index contributed by atoms with van der Waals surface area (Å²) in [5, 5.41) is 0. The number of hydrogen-bond acceptors (Lipinski definition) is 3. The largest absolute Gasteiger partial charge is 0.488 e. The zero-order valence-corrected chi connectivity index (χ0v) is 7.23. The van der Waals surface area contributed by atoms with E-state index in [0.717, 1.165) is 5.75 Å². The highest BCUT2D eigenvalue weighted by Gasteiger charge is 2.15. The Hall–Kier alpha value is -1.06. The van der Waals surface area contributed by atoms with E-state index in [1.54, 1.807) is 0 Å². The lowest BCUT2D eigenvalue weighted by atomic mass is 10.3. The van der Waals surface area contributed by atoms with Crippen LogP contribution < -0.4 is 4.74 Å². The molecule has 0 amide bonds. The number of ether oxygens (including phenoxy) is 3. The van der Waals surface area contributed by atoms with Gasteiger partial charge in [0.05, 0.1) is 13.2 Å². The van der Waals surface area contributed by atoms with Crippen LogP contribution in [0.25, 0.3) is 0 Å². The summed E-state index contributed by atoms with van der Waals surface area (Å²) in [5.74, 6) is 0.817. The molecule has 1 fully saturated rings. The fourth-order valence-electron chi connectivity index (χ4n) is 1.14. The SMILES string of the molecule is [c]1ccc(OCC2OCCO2)cc1. The van der Waals surface area contributed by atoms with Crippen molar-refractivity contribution in [3.63, 3.8) is 0 Å². The van der Waals surface area contributed by atoms with Gasteiger partial charge in [-0.2, -0.15) is 0 Å². The van der Waals surface area contributed by atoms with Crippen molar-refractivity contribution in [1.82, 2.24) is 0 Å². The lowest BCUT2D eigenvalue weighted by Gasteiger charge is -2.10. The summed E-state index contributed by atoms with van der Waals surface area (Å²) in [6.07, 6.45) is -0.204. The van der Waals surface area contributed by atoms with E-state index in [0.29, 0.717) is 19.8 Å². The maximum Gasteiger partial charge on any atom is 0.191 e. The molecule has 3 nitrogen and oxygen atoms in total. The summed E-state index contributed by atoms with van der Waals surface area (Å²) in [4.78, 5) is 0. The molecule has 1 aromatic carbocycles.